The molecule has 1 aliphatic heterocycles. The number of imidazole rings is 1. The van der Waals surface area contributed by atoms with Gasteiger partial charge >= 0.3 is 0 Å². The summed E-state index contributed by atoms with van der Waals surface area (Å²) in [6.45, 7) is 2.67. The van der Waals surface area contributed by atoms with E-state index in [0.29, 0.717) is 23.1 Å². The lowest BCUT2D eigenvalue weighted by molar-refractivity contribution is 0.0395. The van der Waals surface area contributed by atoms with E-state index in [0.717, 1.165) is 41.2 Å². The number of aromatic nitrogens is 5. The Balaban J connectivity index is 1.43. The molecule has 7 nitrogen and oxygen atoms in total. The van der Waals surface area contributed by atoms with E-state index in [2.05, 4.69) is 15.1 Å². The Morgan fingerprint density at radius 3 is 2.70 bits per heavy atom. The second-order valence-corrected chi connectivity index (χ2v) is 8.61. The Labute approximate surface area is 197 Å². The van der Waals surface area contributed by atoms with Crippen molar-refractivity contribution in [2.45, 2.75) is 31.9 Å². The van der Waals surface area contributed by atoms with Gasteiger partial charge in [-0.15, -0.1) is 0 Å². The van der Waals surface area contributed by atoms with E-state index in [9.17, 15) is 5.11 Å². The average molecular weight is 462 g/mol. The van der Waals surface area contributed by atoms with Crippen molar-refractivity contribution in [3.63, 3.8) is 0 Å². The molecule has 0 spiro atoms. The smallest absolute Gasteiger partial charge is 0.174 e. The monoisotopic (exact) mass is 461 g/mol. The highest BCUT2D eigenvalue weighted by molar-refractivity contribution is 6.30. The highest BCUT2D eigenvalue weighted by Crippen LogP contribution is 2.37. The Morgan fingerprint density at radius 2 is 1.97 bits per heavy atom. The molecule has 0 saturated heterocycles. The zero-order valence-corrected chi connectivity index (χ0v) is 19.2. The quantitative estimate of drug-likeness (QED) is 0.468. The zero-order valence-electron chi connectivity index (χ0n) is 18.4. The molecule has 0 aliphatic carbocycles. The van der Waals surface area contributed by atoms with Crippen LogP contribution in [0.15, 0.2) is 55.0 Å². The van der Waals surface area contributed by atoms with Gasteiger partial charge in [-0.2, -0.15) is 5.10 Å². The first kappa shape index (κ1) is 21.4. The summed E-state index contributed by atoms with van der Waals surface area (Å²) in [5, 5.41) is 16.7. The van der Waals surface area contributed by atoms with Gasteiger partial charge in [-0.1, -0.05) is 35.9 Å². The van der Waals surface area contributed by atoms with E-state index in [1.54, 1.807) is 30.3 Å². The predicted octanol–water partition coefficient (Wildman–Crippen LogP) is 4.63. The topological polar surface area (TPSA) is 78.0 Å². The Morgan fingerprint density at radius 1 is 1.15 bits per heavy atom. The third kappa shape index (κ3) is 4.05. The summed E-state index contributed by atoms with van der Waals surface area (Å²) in [6.07, 6.45) is 8.91. The van der Waals surface area contributed by atoms with Crippen LogP contribution in [-0.4, -0.2) is 36.5 Å². The van der Waals surface area contributed by atoms with Crippen LogP contribution < -0.4 is 4.74 Å². The van der Waals surface area contributed by atoms with Crippen LogP contribution in [0.1, 0.15) is 41.3 Å². The summed E-state index contributed by atoms with van der Waals surface area (Å²) in [5.41, 5.74) is 2.39. The van der Waals surface area contributed by atoms with Crippen molar-refractivity contribution in [3.8, 4) is 11.4 Å². The standard InChI is InChI=1S/C25H24ClN5O2/c1-17-15-30(16-27-17)21-10-4-18(14-22(21)33-2)5-11-23-28-24-25(32,12-3-13-31(24)29-23)19-6-8-20(26)9-7-19/h4-11,14-16,32H,3,12-13H2,1-2H3. The number of nitrogens with zero attached hydrogens (tertiary/aromatic N) is 5. The fraction of sp³-hybridized carbons (Fsp3) is 0.240. The SMILES string of the molecule is COc1cc(C=Cc2nc3n(n2)CCCC3(O)c2ccc(Cl)cc2)ccc1-n1cnc(C)c1. The number of fused-ring (bicyclic) bond motifs is 1. The van der Waals surface area contributed by atoms with Crippen LogP contribution in [0.25, 0.3) is 17.8 Å². The molecule has 0 amide bonds. The van der Waals surface area contributed by atoms with Crippen LogP contribution in [0.5, 0.6) is 5.75 Å². The number of ether oxygens (including phenoxy) is 1. The molecule has 1 atom stereocenters. The molecule has 8 heteroatoms. The summed E-state index contributed by atoms with van der Waals surface area (Å²) in [7, 11) is 1.65. The number of rotatable bonds is 5. The molecule has 0 radical (unpaired) electrons. The van der Waals surface area contributed by atoms with E-state index >= 15 is 0 Å². The maximum atomic E-state index is 11.5. The lowest BCUT2D eigenvalue weighted by Gasteiger charge is -2.31. The molecular weight excluding hydrogens is 438 g/mol. The number of aliphatic hydroxyl groups is 1. The van der Waals surface area contributed by atoms with Crippen molar-refractivity contribution in [2.24, 2.45) is 0 Å². The van der Waals surface area contributed by atoms with Gasteiger partial charge in [-0.05, 0) is 61.2 Å². The summed E-state index contributed by atoms with van der Waals surface area (Å²) < 4.78 is 9.32. The van der Waals surface area contributed by atoms with Crippen molar-refractivity contribution in [3.05, 3.63) is 88.5 Å². The molecule has 1 unspecified atom stereocenters. The van der Waals surface area contributed by atoms with Crippen molar-refractivity contribution in [1.82, 2.24) is 24.3 Å². The Hall–Kier alpha value is -3.42. The first-order valence-corrected chi connectivity index (χ1v) is 11.1. The van der Waals surface area contributed by atoms with Crippen LogP contribution in [0, 0.1) is 6.92 Å². The van der Waals surface area contributed by atoms with Gasteiger partial charge in [0.05, 0.1) is 24.8 Å². The third-order valence-electron chi connectivity index (χ3n) is 5.91. The van der Waals surface area contributed by atoms with Gasteiger partial charge in [0.2, 0.25) is 0 Å². The maximum absolute atomic E-state index is 11.5. The normalized spacial score (nSPS) is 17.9. The van der Waals surface area contributed by atoms with Crippen molar-refractivity contribution in [2.75, 3.05) is 7.11 Å². The first-order valence-electron chi connectivity index (χ1n) is 10.8. The number of hydrogen-bond donors (Lipinski definition) is 1. The molecular formula is C25H24ClN5O2. The van der Waals surface area contributed by atoms with Crippen molar-refractivity contribution < 1.29 is 9.84 Å². The molecule has 1 N–H and O–H groups in total. The minimum absolute atomic E-state index is 0.549. The maximum Gasteiger partial charge on any atom is 0.174 e. The van der Waals surface area contributed by atoms with E-state index < -0.39 is 5.60 Å². The molecule has 2 aromatic heterocycles. The van der Waals surface area contributed by atoms with Crippen LogP contribution in [0.3, 0.4) is 0 Å². The fourth-order valence-electron chi connectivity index (χ4n) is 4.22. The highest BCUT2D eigenvalue weighted by atomic mass is 35.5. The van der Waals surface area contributed by atoms with Crippen molar-refractivity contribution >= 4 is 23.8 Å². The summed E-state index contributed by atoms with van der Waals surface area (Å²) in [5.74, 6) is 1.84. The van der Waals surface area contributed by atoms with Crippen LogP contribution in [-0.2, 0) is 12.1 Å². The third-order valence-corrected chi connectivity index (χ3v) is 6.16. The van der Waals surface area contributed by atoms with Crippen LogP contribution in [0.2, 0.25) is 5.02 Å². The van der Waals surface area contributed by atoms with E-state index in [1.807, 2.05) is 60.2 Å². The lowest BCUT2D eigenvalue weighted by atomic mass is 9.86. The van der Waals surface area contributed by atoms with Gasteiger partial charge in [0.25, 0.3) is 0 Å². The van der Waals surface area contributed by atoms with Gasteiger partial charge in [0, 0.05) is 17.8 Å². The first-order chi connectivity index (χ1) is 16.0. The Kier molecular flexibility index (Phi) is 5.52. The molecule has 3 heterocycles. The van der Waals surface area contributed by atoms with Gasteiger partial charge < -0.3 is 14.4 Å². The zero-order chi connectivity index (χ0) is 23.0. The molecule has 2 aromatic carbocycles. The molecule has 0 saturated carbocycles. The van der Waals surface area contributed by atoms with Gasteiger partial charge in [0.15, 0.2) is 11.6 Å². The van der Waals surface area contributed by atoms with E-state index in [-0.39, 0.29) is 0 Å². The molecule has 5 rings (SSSR count). The molecule has 33 heavy (non-hydrogen) atoms. The number of aryl methyl sites for hydroxylation is 2. The highest BCUT2D eigenvalue weighted by Gasteiger charge is 2.39. The van der Waals surface area contributed by atoms with Gasteiger partial charge in [-0.25, -0.2) is 14.6 Å². The van der Waals surface area contributed by atoms with E-state index in [4.69, 9.17) is 16.3 Å². The number of benzene rings is 2. The summed E-state index contributed by atoms with van der Waals surface area (Å²) >= 11 is 6.03. The van der Waals surface area contributed by atoms with Gasteiger partial charge in [-0.3, -0.25) is 0 Å². The molecule has 4 aromatic rings. The van der Waals surface area contributed by atoms with Crippen LogP contribution >= 0.6 is 11.6 Å². The largest absolute Gasteiger partial charge is 0.495 e. The van der Waals surface area contributed by atoms with E-state index in [1.165, 1.54) is 0 Å². The summed E-state index contributed by atoms with van der Waals surface area (Å²) in [4.78, 5) is 8.95. The molecule has 168 valence electrons. The average Bonchev–Trinajstić information content (AvgIpc) is 3.45. The number of methoxy groups -OCH3 is 1. The molecule has 0 bridgehead atoms. The predicted molar refractivity (Wildman–Crippen MR) is 127 cm³/mol. The fourth-order valence-corrected chi connectivity index (χ4v) is 4.35. The second-order valence-electron chi connectivity index (χ2n) is 8.17. The number of hydrogen-bond acceptors (Lipinski definition) is 5. The summed E-state index contributed by atoms with van der Waals surface area (Å²) in [6, 6.07) is 13.2. The second kappa shape index (κ2) is 8.50. The number of halogens is 1. The minimum Gasteiger partial charge on any atom is -0.495 e. The molecule has 0 fully saturated rings. The van der Waals surface area contributed by atoms with Gasteiger partial charge in [0.1, 0.15) is 11.4 Å². The Bertz CT molecular complexity index is 1330. The molecule has 1 aliphatic rings. The minimum atomic E-state index is -1.18. The van der Waals surface area contributed by atoms with Crippen molar-refractivity contribution in [1.29, 1.82) is 0 Å². The lowest BCUT2D eigenvalue weighted by Crippen LogP contribution is -2.35. The van der Waals surface area contributed by atoms with Crippen LogP contribution in [0.4, 0.5) is 0 Å².